The molecule has 0 aliphatic heterocycles. The Morgan fingerprint density at radius 3 is 2.59 bits per heavy atom. The Hall–Kier alpha value is -2.86. The molecule has 2 unspecified atom stereocenters. The van der Waals surface area contributed by atoms with Gasteiger partial charge in [-0.1, -0.05) is 6.42 Å². The van der Waals surface area contributed by atoms with Crippen molar-refractivity contribution in [2.24, 2.45) is 0 Å². The fourth-order valence-electron chi connectivity index (χ4n) is 3.80. The molecule has 1 saturated carbocycles. The highest BCUT2D eigenvalue weighted by Gasteiger charge is 2.32. The smallest absolute Gasteiger partial charge is 0.416 e. The summed E-state index contributed by atoms with van der Waals surface area (Å²) >= 11 is 0. The Morgan fingerprint density at radius 2 is 1.97 bits per heavy atom. The maximum absolute atomic E-state index is 13.1. The summed E-state index contributed by atoms with van der Waals surface area (Å²) in [5.74, 6) is -0.672. The lowest BCUT2D eigenvalue weighted by Crippen LogP contribution is -2.33. The van der Waals surface area contributed by atoms with Crippen LogP contribution in [-0.2, 0) is 6.18 Å². The molecule has 29 heavy (non-hydrogen) atoms. The van der Waals surface area contributed by atoms with Gasteiger partial charge in [-0.25, -0.2) is 9.97 Å². The van der Waals surface area contributed by atoms with Gasteiger partial charge in [0.05, 0.1) is 16.8 Å². The molecule has 2 atom stereocenters. The van der Waals surface area contributed by atoms with Gasteiger partial charge in [0, 0.05) is 12.0 Å². The summed E-state index contributed by atoms with van der Waals surface area (Å²) in [6, 6.07) is 4.87. The van der Waals surface area contributed by atoms with Crippen LogP contribution in [0.3, 0.4) is 0 Å². The zero-order chi connectivity index (χ0) is 21.3. The van der Waals surface area contributed by atoms with E-state index in [9.17, 15) is 23.5 Å². The molecular weight excluding hydrogens is 383 g/mol. The van der Waals surface area contributed by atoms with Gasteiger partial charge in [0.15, 0.2) is 5.82 Å². The number of hydrogen-bond donors (Lipinski definition) is 2. The normalized spacial score (nSPS) is 19.9. The third-order valence-electron chi connectivity index (χ3n) is 5.41. The van der Waals surface area contributed by atoms with Gasteiger partial charge in [-0.2, -0.15) is 18.4 Å². The highest BCUT2D eigenvalue weighted by molar-refractivity contribution is 5.68. The molecule has 0 radical (unpaired) electrons. The molecule has 1 aliphatic carbocycles. The number of halogens is 3. The Kier molecular flexibility index (Phi) is 5.66. The SMILES string of the molecule is CN(C)C1CCCC(c2nc(-c3cc(C(F)(F)F)ccc3O)nc(N)c2C#N)C1. The van der Waals surface area contributed by atoms with Gasteiger partial charge >= 0.3 is 6.18 Å². The maximum Gasteiger partial charge on any atom is 0.416 e. The van der Waals surface area contributed by atoms with Crippen LogP contribution in [0.2, 0.25) is 0 Å². The molecule has 9 heteroatoms. The first kappa shape index (κ1) is 20.9. The summed E-state index contributed by atoms with van der Waals surface area (Å²) in [7, 11) is 3.97. The molecule has 1 aromatic carbocycles. The molecule has 0 saturated heterocycles. The molecule has 1 heterocycles. The maximum atomic E-state index is 13.1. The molecule has 154 valence electrons. The van der Waals surface area contributed by atoms with Crippen LogP contribution in [0.15, 0.2) is 18.2 Å². The number of nitriles is 1. The largest absolute Gasteiger partial charge is 0.507 e. The number of alkyl halides is 3. The fraction of sp³-hybridized carbons (Fsp3) is 0.450. The molecule has 1 aliphatic rings. The Morgan fingerprint density at radius 1 is 1.24 bits per heavy atom. The zero-order valence-corrected chi connectivity index (χ0v) is 16.2. The topological polar surface area (TPSA) is 99.1 Å². The van der Waals surface area contributed by atoms with E-state index >= 15 is 0 Å². The lowest BCUT2D eigenvalue weighted by Gasteiger charge is -2.33. The molecule has 2 aromatic rings. The first-order valence-corrected chi connectivity index (χ1v) is 9.26. The van der Waals surface area contributed by atoms with E-state index in [-0.39, 0.29) is 34.4 Å². The average molecular weight is 405 g/mol. The van der Waals surface area contributed by atoms with Crippen molar-refractivity contribution in [2.45, 2.75) is 43.8 Å². The number of phenolic OH excluding ortho intramolecular Hbond substituents is 1. The Bertz CT molecular complexity index is 952. The van der Waals surface area contributed by atoms with Crippen LogP contribution in [0.25, 0.3) is 11.4 Å². The van der Waals surface area contributed by atoms with Gasteiger partial charge in [-0.05, 0) is 51.6 Å². The summed E-state index contributed by atoms with van der Waals surface area (Å²) in [6.45, 7) is 0. The van der Waals surface area contributed by atoms with Crippen LogP contribution in [0.4, 0.5) is 19.0 Å². The van der Waals surface area contributed by atoms with Crippen molar-refractivity contribution in [1.82, 2.24) is 14.9 Å². The van der Waals surface area contributed by atoms with E-state index in [0.29, 0.717) is 11.7 Å². The minimum Gasteiger partial charge on any atom is -0.507 e. The molecule has 0 amide bonds. The van der Waals surface area contributed by atoms with Gasteiger partial charge in [0.25, 0.3) is 0 Å². The minimum atomic E-state index is -4.58. The van der Waals surface area contributed by atoms with Gasteiger partial charge < -0.3 is 15.7 Å². The second kappa shape index (κ2) is 7.87. The standard InChI is InChI=1S/C20H22F3N5O/c1-28(2)13-5-3-4-11(8-13)17-15(10-24)18(25)27-19(26-17)14-9-12(20(21,22)23)6-7-16(14)29/h6-7,9,11,13,29H,3-5,8H2,1-2H3,(H2,25,26,27). The van der Waals surface area contributed by atoms with E-state index in [1.54, 1.807) is 0 Å². The summed E-state index contributed by atoms with van der Waals surface area (Å²) < 4.78 is 39.3. The third kappa shape index (κ3) is 4.27. The zero-order valence-electron chi connectivity index (χ0n) is 16.2. The number of benzene rings is 1. The Balaban J connectivity index is 2.11. The van der Waals surface area contributed by atoms with Gasteiger partial charge in [-0.3, -0.25) is 0 Å². The van der Waals surface area contributed by atoms with Crippen LogP contribution in [0.5, 0.6) is 5.75 Å². The van der Waals surface area contributed by atoms with Crippen LogP contribution in [0, 0.1) is 11.3 Å². The highest BCUT2D eigenvalue weighted by atomic mass is 19.4. The summed E-state index contributed by atoms with van der Waals surface area (Å²) in [5.41, 5.74) is 5.43. The number of nitrogens with zero attached hydrogens (tertiary/aromatic N) is 4. The van der Waals surface area contributed by atoms with E-state index in [2.05, 4.69) is 14.9 Å². The van der Waals surface area contributed by atoms with Crippen LogP contribution < -0.4 is 5.73 Å². The van der Waals surface area contributed by atoms with Crippen LogP contribution >= 0.6 is 0 Å². The number of hydrogen-bond acceptors (Lipinski definition) is 6. The predicted molar refractivity (Wildman–Crippen MR) is 102 cm³/mol. The number of aromatic nitrogens is 2. The van der Waals surface area contributed by atoms with Crippen molar-refractivity contribution in [3.05, 3.63) is 35.0 Å². The van der Waals surface area contributed by atoms with E-state index in [1.807, 2.05) is 20.2 Å². The summed E-state index contributed by atoms with van der Waals surface area (Å²) in [5, 5.41) is 19.7. The van der Waals surface area contributed by atoms with E-state index in [0.717, 1.165) is 43.9 Å². The second-order valence-electron chi connectivity index (χ2n) is 7.52. The van der Waals surface area contributed by atoms with E-state index in [4.69, 9.17) is 5.73 Å². The molecule has 1 aromatic heterocycles. The van der Waals surface area contributed by atoms with Crippen LogP contribution in [0.1, 0.15) is 48.4 Å². The number of aromatic hydroxyl groups is 1. The highest BCUT2D eigenvalue weighted by Crippen LogP contribution is 2.39. The summed E-state index contributed by atoms with van der Waals surface area (Å²) in [4.78, 5) is 10.5. The summed E-state index contributed by atoms with van der Waals surface area (Å²) in [6.07, 6.45) is -1.07. The van der Waals surface area contributed by atoms with Crippen molar-refractivity contribution < 1.29 is 18.3 Å². The van der Waals surface area contributed by atoms with Crippen molar-refractivity contribution in [3.63, 3.8) is 0 Å². The quantitative estimate of drug-likeness (QED) is 0.803. The van der Waals surface area contributed by atoms with Crippen molar-refractivity contribution in [1.29, 1.82) is 5.26 Å². The molecule has 0 spiro atoms. The van der Waals surface area contributed by atoms with Gasteiger partial charge in [0.2, 0.25) is 0 Å². The monoisotopic (exact) mass is 405 g/mol. The van der Waals surface area contributed by atoms with Crippen molar-refractivity contribution in [3.8, 4) is 23.2 Å². The molecule has 6 nitrogen and oxygen atoms in total. The number of phenols is 1. The van der Waals surface area contributed by atoms with Gasteiger partial charge in [-0.15, -0.1) is 0 Å². The molecule has 3 rings (SSSR count). The second-order valence-corrected chi connectivity index (χ2v) is 7.52. The van der Waals surface area contributed by atoms with Crippen molar-refractivity contribution >= 4 is 5.82 Å². The molecule has 1 fully saturated rings. The van der Waals surface area contributed by atoms with Crippen molar-refractivity contribution in [2.75, 3.05) is 19.8 Å². The van der Waals surface area contributed by atoms with E-state index < -0.39 is 11.7 Å². The number of nitrogen functional groups attached to an aromatic ring is 1. The lowest BCUT2D eigenvalue weighted by molar-refractivity contribution is -0.137. The predicted octanol–water partition coefficient (Wildman–Crippen LogP) is 3.91. The fourth-order valence-corrected chi connectivity index (χ4v) is 3.80. The number of nitrogens with two attached hydrogens (primary N) is 1. The molecule has 0 bridgehead atoms. The van der Waals surface area contributed by atoms with Gasteiger partial charge in [0.1, 0.15) is 23.2 Å². The Labute approximate surface area is 166 Å². The first-order valence-electron chi connectivity index (χ1n) is 9.26. The average Bonchev–Trinajstić information content (AvgIpc) is 2.66. The molecule has 3 N–H and O–H groups in total. The first-order chi connectivity index (χ1) is 13.6. The minimum absolute atomic E-state index is 0.0669. The van der Waals surface area contributed by atoms with Crippen LogP contribution in [-0.4, -0.2) is 40.1 Å². The number of anilines is 1. The lowest BCUT2D eigenvalue weighted by atomic mass is 9.82. The number of rotatable bonds is 3. The third-order valence-corrected chi connectivity index (χ3v) is 5.41. The van der Waals surface area contributed by atoms with E-state index in [1.165, 1.54) is 0 Å². The molecular formula is C20H22F3N5O.